The molecule has 3 saturated carbocycles. The summed E-state index contributed by atoms with van der Waals surface area (Å²) in [5.74, 6) is -0.766. The number of hydrogen-bond donors (Lipinski definition) is 4. The van der Waals surface area contributed by atoms with Gasteiger partial charge in [0.15, 0.2) is 0 Å². The lowest BCUT2D eigenvalue weighted by Crippen LogP contribution is -2.63. The molecule has 2 aromatic carbocycles. The number of rotatable bonds is 8. The molecule has 0 aromatic heterocycles. The zero-order chi connectivity index (χ0) is 32.7. The maximum absolute atomic E-state index is 13.6. The Kier molecular flexibility index (Phi) is 9.44. The number of Topliss-reactive ketones (excluding diaryl/α,β-unsaturated/α-hetero) is 1. The molecule has 2 bridgehead atoms. The van der Waals surface area contributed by atoms with E-state index in [1.54, 1.807) is 36.4 Å². The molecule has 5 rings (SSSR count). The van der Waals surface area contributed by atoms with E-state index in [0.29, 0.717) is 18.5 Å². The predicted molar refractivity (Wildman–Crippen MR) is 176 cm³/mol. The van der Waals surface area contributed by atoms with Gasteiger partial charge in [0.2, 0.25) is 0 Å². The third-order valence-corrected chi connectivity index (χ3v) is 12.4. The molecular weight excluding hydrogens is 589 g/mol. The second kappa shape index (κ2) is 12.7. The SMILES string of the molecule is C=C[C@]1(C)C[C@@H](OC(=O)CSc2cccc(NC(=O)c3cccc(B(O)O)c3)c2)[C@]2(C)[C@H](C)CC[C@]3(CCC(=O)[C@H]32)[C@@H](C)[C@@H]1O. The molecule has 10 heteroatoms. The van der Waals surface area contributed by atoms with Crippen molar-refractivity contribution in [2.24, 2.45) is 34.0 Å². The van der Waals surface area contributed by atoms with Crippen LogP contribution in [0.2, 0.25) is 0 Å². The Hall–Kier alpha value is -2.92. The fraction of sp³-hybridized carbons (Fsp3) is 0.514. The number of carbonyl (C=O) groups is 3. The number of benzene rings is 2. The molecule has 8 nitrogen and oxygen atoms in total. The molecule has 0 spiro atoms. The number of nitrogens with one attached hydrogen (secondary N) is 1. The molecule has 240 valence electrons. The second-order valence-corrected chi connectivity index (χ2v) is 14.9. The lowest BCUT2D eigenvalue weighted by Gasteiger charge is -2.61. The highest BCUT2D eigenvalue weighted by molar-refractivity contribution is 8.00. The highest BCUT2D eigenvalue weighted by atomic mass is 32.2. The van der Waals surface area contributed by atoms with Crippen LogP contribution < -0.4 is 10.8 Å². The van der Waals surface area contributed by atoms with Gasteiger partial charge in [-0.05, 0) is 78.7 Å². The smallest absolute Gasteiger partial charge is 0.461 e. The van der Waals surface area contributed by atoms with Crippen molar-refractivity contribution in [3.63, 3.8) is 0 Å². The highest BCUT2D eigenvalue weighted by Gasteiger charge is 2.68. The van der Waals surface area contributed by atoms with E-state index in [0.717, 1.165) is 24.2 Å². The number of anilines is 1. The number of aliphatic hydroxyl groups is 1. The number of carbonyl (C=O) groups excluding carboxylic acids is 3. The zero-order valence-corrected chi connectivity index (χ0v) is 27.3. The number of ether oxygens (including phenoxy) is 1. The first-order valence-electron chi connectivity index (χ1n) is 15.8. The predicted octanol–water partition coefficient (Wildman–Crippen LogP) is 4.62. The van der Waals surface area contributed by atoms with Crippen LogP contribution in [0.1, 0.15) is 70.2 Å². The van der Waals surface area contributed by atoms with Crippen LogP contribution in [0.15, 0.2) is 66.1 Å². The molecule has 0 saturated heterocycles. The van der Waals surface area contributed by atoms with Crippen molar-refractivity contribution < 1.29 is 34.3 Å². The second-order valence-electron chi connectivity index (χ2n) is 13.8. The summed E-state index contributed by atoms with van der Waals surface area (Å²) in [4.78, 5) is 40.7. The van der Waals surface area contributed by atoms with E-state index >= 15 is 0 Å². The number of esters is 1. The maximum atomic E-state index is 13.6. The molecule has 3 aliphatic rings. The maximum Gasteiger partial charge on any atom is 0.488 e. The molecule has 0 radical (unpaired) electrons. The number of amides is 1. The van der Waals surface area contributed by atoms with Crippen LogP contribution in [-0.4, -0.2) is 57.9 Å². The molecular formula is C35H44BNO7S. The summed E-state index contributed by atoms with van der Waals surface area (Å²) in [5, 5.41) is 33.4. The van der Waals surface area contributed by atoms with E-state index < -0.39 is 42.0 Å². The van der Waals surface area contributed by atoms with E-state index in [2.05, 4.69) is 32.7 Å². The summed E-state index contributed by atoms with van der Waals surface area (Å²) in [6.45, 7) is 12.4. The first-order chi connectivity index (χ1) is 21.2. The minimum atomic E-state index is -1.68. The van der Waals surface area contributed by atoms with E-state index in [-0.39, 0.29) is 45.7 Å². The minimum Gasteiger partial charge on any atom is -0.461 e. The molecule has 4 N–H and O–H groups in total. The zero-order valence-electron chi connectivity index (χ0n) is 26.5. The highest BCUT2D eigenvalue weighted by Crippen LogP contribution is 2.68. The fourth-order valence-corrected chi connectivity index (χ4v) is 9.28. The van der Waals surface area contributed by atoms with Gasteiger partial charge in [0.25, 0.3) is 5.91 Å². The fourth-order valence-electron chi connectivity index (χ4n) is 8.54. The molecule has 45 heavy (non-hydrogen) atoms. The van der Waals surface area contributed by atoms with Gasteiger partial charge in [-0.1, -0.05) is 52.0 Å². The number of ketones is 1. The molecule has 0 aliphatic heterocycles. The Balaban J connectivity index is 1.32. The van der Waals surface area contributed by atoms with Gasteiger partial charge in [-0.2, -0.15) is 0 Å². The quantitative estimate of drug-likeness (QED) is 0.143. The van der Waals surface area contributed by atoms with Crippen molar-refractivity contribution in [1.82, 2.24) is 0 Å². The van der Waals surface area contributed by atoms with Crippen molar-refractivity contribution in [1.29, 1.82) is 0 Å². The van der Waals surface area contributed by atoms with Gasteiger partial charge < -0.3 is 25.2 Å². The van der Waals surface area contributed by atoms with Gasteiger partial charge in [-0.25, -0.2) is 0 Å². The van der Waals surface area contributed by atoms with E-state index in [9.17, 15) is 29.5 Å². The lowest BCUT2D eigenvalue weighted by atomic mass is 9.44. The van der Waals surface area contributed by atoms with Gasteiger partial charge in [0.1, 0.15) is 11.9 Å². The molecule has 1 amide bonds. The Bertz CT molecular complexity index is 1480. The van der Waals surface area contributed by atoms with Gasteiger partial charge >= 0.3 is 13.1 Å². The molecule has 2 aromatic rings. The Morgan fingerprint density at radius 1 is 1.13 bits per heavy atom. The van der Waals surface area contributed by atoms with Crippen LogP contribution in [0.25, 0.3) is 0 Å². The van der Waals surface area contributed by atoms with Gasteiger partial charge in [-0.15, -0.1) is 18.3 Å². The van der Waals surface area contributed by atoms with Gasteiger partial charge in [-0.3, -0.25) is 14.4 Å². The molecule has 0 unspecified atom stereocenters. The summed E-state index contributed by atoms with van der Waals surface area (Å²) < 4.78 is 6.34. The van der Waals surface area contributed by atoms with Crippen molar-refractivity contribution in [3.8, 4) is 0 Å². The van der Waals surface area contributed by atoms with Crippen LogP contribution in [0.5, 0.6) is 0 Å². The topological polar surface area (TPSA) is 133 Å². The van der Waals surface area contributed by atoms with Crippen LogP contribution >= 0.6 is 11.8 Å². The summed E-state index contributed by atoms with van der Waals surface area (Å²) in [7, 11) is -1.68. The lowest BCUT2D eigenvalue weighted by molar-refractivity contribution is -0.205. The number of thioether (sulfide) groups is 1. The van der Waals surface area contributed by atoms with E-state index in [4.69, 9.17) is 4.74 Å². The van der Waals surface area contributed by atoms with Crippen LogP contribution in [0, 0.1) is 34.0 Å². The van der Waals surface area contributed by atoms with Crippen LogP contribution in [0.3, 0.4) is 0 Å². The summed E-state index contributed by atoms with van der Waals surface area (Å²) in [6, 6.07) is 13.2. The van der Waals surface area contributed by atoms with Gasteiger partial charge in [0, 0.05) is 39.3 Å². The van der Waals surface area contributed by atoms with Crippen molar-refractivity contribution in [2.75, 3.05) is 11.1 Å². The first kappa shape index (κ1) is 33.4. The minimum absolute atomic E-state index is 0.0301. The average Bonchev–Trinajstić information content (AvgIpc) is 3.38. The number of hydrogen-bond acceptors (Lipinski definition) is 8. The van der Waals surface area contributed by atoms with E-state index in [1.165, 1.54) is 23.9 Å². The molecule has 3 fully saturated rings. The normalized spacial score (nSPS) is 34.2. The standard InChI is InChI=1S/C35H44BNO7S/c1-6-33(4)19-28(34(5)21(2)13-15-35(22(3)31(33)40)16-14-27(38)30(34)35)44-29(39)20-45-26-12-8-11-25(18-26)37-32(41)23-9-7-10-24(17-23)36(42)43/h6-12,17-18,21-22,28,30-31,40,42-43H,1,13-16,19-20H2,2-5H3,(H,37,41)/t21-,22+,28-,30+,31+,33-,34+,35+/m1/s1. The first-order valence-corrected chi connectivity index (χ1v) is 16.8. The Morgan fingerprint density at radius 3 is 2.58 bits per heavy atom. The number of aliphatic hydroxyl groups excluding tert-OH is 1. The Morgan fingerprint density at radius 2 is 1.87 bits per heavy atom. The Labute approximate surface area is 270 Å². The monoisotopic (exact) mass is 633 g/mol. The van der Waals surface area contributed by atoms with Crippen LogP contribution in [0.4, 0.5) is 5.69 Å². The van der Waals surface area contributed by atoms with Crippen molar-refractivity contribution >= 4 is 47.7 Å². The van der Waals surface area contributed by atoms with Crippen LogP contribution in [-0.2, 0) is 14.3 Å². The third-order valence-electron chi connectivity index (χ3n) is 11.5. The van der Waals surface area contributed by atoms with E-state index in [1.807, 2.05) is 13.0 Å². The summed E-state index contributed by atoms with van der Waals surface area (Å²) in [5.41, 5.74) is -0.572. The van der Waals surface area contributed by atoms with Gasteiger partial charge in [0.05, 0.1) is 11.9 Å². The van der Waals surface area contributed by atoms with Crippen molar-refractivity contribution in [2.45, 2.75) is 76.9 Å². The third kappa shape index (κ3) is 6.02. The summed E-state index contributed by atoms with van der Waals surface area (Å²) in [6.07, 6.45) is 3.92. The largest absolute Gasteiger partial charge is 0.488 e. The molecule has 0 heterocycles. The molecule has 3 aliphatic carbocycles. The van der Waals surface area contributed by atoms with Crippen molar-refractivity contribution in [3.05, 3.63) is 66.7 Å². The average molecular weight is 634 g/mol. The summed E-state index contributed by atoms with van der Waals surface area (Å²) >= 11 is 1.29. The molecule has 8 atom stereocenters.